The van der Waals surface area contributed by atoms with Crippen LogP contribution in [0.1, 0.15) is 57.9 Å². The molecule has 174 valence electrons. The zero-order valence-corrected chi connectivity index (χ0v) is 19.8. The van der Waals surface area contributed by atoms with Crippen molar-refractivity contribution in [2.24, 2.45) is 5.92 Å². The summed E-state index contributed by atoms with van der Waals surface area (Å²) < 4.78 is 11.3. The summed E-state index contributed by atoms with van der Waals surface area (Å²) in [4.78, 5) is 23.0. The minimum atomic E-state index is 0.0596. The van der Waals surface area contributed by atoms with E-state index in [1.807, 2.05) is 17.0 Å². The normalized spacial score (nSPS) is 18.6. The highest BCUT2D eigenvalue weighted by Crippen LogP contribution is 2.30. The summed E-state index contributed by atoms with van der Waals surface area (Å²) >= 11 is 0. The predicted molar refractivity (Wildman–Crippen MR) is 128 cm³/mol. The van der Waals surface area contributed by atoms with Gasteiger partial charge in [-0.05, 0) is 56.7 Å². The van der Waals surface area contributed by atoms with Crippen molar-refractivity contribution >= 4 is 22.6 Å². The van der Waals surface area contributed by atoms with Crippen LogP contribution in [0.3, 0.4) is 0 Å². The van der Waals surface area contributed by atoms with Gasteiger partial charge in [-0.25, -0.2) is 4.98 Å². The van der Waals surface area contributed by atoms with E-state index in [9.17, 15) is 4.79 Å². The number of hydrogen-bond acceptors (Lipinski definition) is 5. The number of nitrogens with zero attached hydrogens (tertiary/aromatic N) is 3. The summed E-state index contributed by atoms with van der Waals surface area (Å²) in [5.74, 6) is 2.13. The summed E-state index contributed by atoms with van der Waals surface area (Å²) in [6.45, 7) is 8.29. The number of carbonyl (C=O) groups excluding carboxylic acids is 1. The van der Waals surface area contributed by atoms with Gasteiger partial charge in [0.15, 0.2) is 0 Å². The third-order valence-electron chi connectivity index (χ3n) is 6.94. The molecular weight excluding hydrogens is 402 g/mol. The van der Waals surface area contributed by atoms with Gasteiger partial charge in [0.25, 0.3) is 0 Å². The Morgan fingerprint density at radius 3 is 2.66 bits per heavy atom. The van der Waals surface area contributed by atoms with Crippen molar-refractivity contribution in [2.45, 2.75) is 65.0 Å². The van der Waals surface area contributed by atoms with Crippen molar-refractivity contribution in [3.8, 4) is 5.75 Å². The lowest BCUT2D eigenvalue weighted by Crippen LogP contribution is -2.40. The Balaban J connectivity index is 1.70. The van der Waals surface area contributed by atoms with Crippen LogP contribution < -0.4 is 9.64 Å². The van der Waals surface area contributed by atoms with E-state index in [2.05, 4.69) is 30.9 Å². The molecule has 1 atom stereocenters. The number of anilines is 1. The molecule has 32 heavy (non-hydrogen) atoms. The minimum absolute atomic E-state index is 0.0596. The number of hydrogen-bond donors (Lipinski definition) is 0. The average molecular weight is 440 g/mol. The fourth-order valence-corrected chi connectivity index (χ4v) is 4.99. The van der Waals surface area contributed by atoms with Crippen molar-refractivity contribution in [3.05, 3.63) is 29.8 Å². The molecular formula is C26H37N3O3. The van der Waals surface area contributed by atoms with Crippen molar-refractivity contribution < 1.29 is 14.3 Å². The van der Waals surface area contributed by atoms with E-state index in [0.717, 1.165) is 73.4 Å². The maximum atomic E-state index is 13.5. The summed E-state index contributed by atoms with van der Waals surface area (Å²) in [6, 6.07) is 8.25. The van der Waals surface area contributed by atoms with Crippen molar-refractivity contribution in [2.75, 3.05) is 38.3 Å². The quantitative estimate of drug-likeness (QED) is 0.562. The lowest BCUT2D eigenvalue weighted by molar-refractivity contribution is -0.138. The maximum Gasteiger partial charge on any atom is 0.226 e. The van der Waals surface area contributed by atoms with E-state index in [4.69, 9.17) is 14.5 Å². The second-order valence-electron chi connectivity index (χ2n) is 9.09. The van der Waals surface area contributed by atoms with Crippen LogP contribution in [0.2, 0.25) is 0 Å². The zero-order chi connectivity index (χ0) is 22.5. The number of ether oxygens (including phenoxy) is 2. The molecule has 0 bridgehead atoms. The molecule has 1 unspecified atom stereocenters. The van der Waals surface area contributed by atoms with Crippen LogP contribution in [0.5, 0.6) is 5.75 Å². The molecule has 0 N–H and O–H groups in total. The molecule has 6 heteroatoms. The third kappa shape index (κ3) is 5.01. The van der Waals surface area contributed by atoms with Gasteiger partial charge in [-0.3, -0.25) is 4.79 Å². The standard InChI is InChI=1S/C26H37N3O3/c1-4-19(5-2)26(30)29(18-23-9-8-14-32-23)17-21-15-20-10-11-22(31-3)16-24(20)27-25(21)28-12-6-7-13-28/h10-11,15-16,19,23H,4-9,12-14,17-18H2,1-3H3. The van der Waals surface area contributed by atoms with Gasteiger partial charge >= 0.3 is 0 Å². The molecule has 4 rings (SSSR count). The molecule has 0 radical (unpaired) electrons. The van der Waals surface area contributed by atoms with Gasteiger partial charge in [0.1, 0.15) is 11.6 Å². The highest BCUT2D eigenvalue weighted by Gasteiger charge is 2.28. The van der Waals surface area contributed by atoms with Crippen molar-refractivity contribution in [1.29, 1.82) is 0 Å². The summed E-state index contributed by atoms with van der Waals surface area (Å²) in [6.07, 6.45) is 6.35. The fourth-order valence-electron chi connectivity index (χ4n) is 4.99. The molecule has 0 spiro atoms. The number of amides is 1. The second kappa shape index (κ2) is 10.5. The molecule has 2 fully saturated rings. The lowest BCUT2D eigenvalue weighted by atomic mass is 10.0. The number of methoxy groups -OCH3 is 1. The number of benzene rings is 1. The number of aromatic nitrogens is 1. The first-order valence-corrected chi connectivity index (χ1v) is 12.3. The Labute approximate surface area is 191 Å². The van der Waals surface area contributed by atoms with E-state index < -0.39 is 0 Å². The first-order valence-electron chi connectivity index (χ1n) is 12.3. The average Bonchev–Trinajstić information content (AvgIpc) is 3.53. The Bertz CT molecular complexity index is 916. The lowest BCUT2D eigenvalue weighted by Gasteiger charge is -2.30. The SMILES string of the molecule is CCC(CC)C(=O)N(Cc1cc2ccc(OC)cc2nc1N1CCCC1)CC1CCCO1. The molecule has 1 amide bonds. The molecule has 6 nitrogen and oxygen atoms in total. The number of pyridine rings is 1. The molecule has 2 aliphatic heterocycles. The summed E-state index contributed by atoms with van der Waals surface area (Å²) in [5, 5.41) is 1.08. The maximum absolute atomic E-state index is 13.5. The van der Waals surface area contributed by atoms with Gasteiger partial charge < -0.3 is 19.3 Å². The van der Waals surface area contributed by atoms with Crippen LogP contribution in [-0.4, -0.2) is 55.2 Å². The van der Waals surface area contributed by atoms with Gasteiger partial charge in [0.05, 0.1) is 18.7 Å². The first kappa shape index (κ1) is 22.8. The van der Waals surface area contributed by atoms with Crippen LogP contribution >= 0.6 is 0 Å². The van der Waals surface area contributed by atoms with Crippen molar-refractivity contribution in [3.63, 3.8) is 0 Å². The number of carbonyl (C=O) groups is 1. The molecule has 1 aromatic carbocycles. The Kier molecular flexibility index (Phi) is 7.51. The van der Waals surface area contributed by atoms with Crippen LogP contribution in [0.4, 0.5) is 5.82 Å². The molecule has 2 saturated heterocycles. The van der Waals surface area contributed by atoms with Gasteiger partial charge in [0.2, 0.25) is 5.91 Å². The van der Waals surface area contributed by atoms with Crippen LogP contribution in [0.25, 0.3) is 10.9 Å². The Morgan fingerprint density at radius 2 is 2.00 bits per heavy atom. The third-order valence-corrected chi connectivity index (χ3v) is 6.94. The highest BCUT2D eigenvalue weighted by atomic mass is 16.5. The number of fused-ring (bicyclic) bond motifs is 1. The molecule has 2 aliphatic rings. The highest BCUT2D eigenvalue weighted by molar-refractivity contribution is 5.84. The van der Waals surface area contributed by atoms with Gasteiger partial charge in [-0.15, -0.1) is 0 Å². The summed E-state index contributed by atoms with van der Waals surface area (Å²) in [5.41, 5.74) is 2.06. The monoisotopic (exact) mass is 439 g/mol. The Hall–Kier alpha value is -2.34. The second-order valence-corrected chi connectivity index (χ2v) is 9.09. The topological polar surface area (TPSA) is 54.9 Å². The fraction of sp³-hybridized carbons (Fsp3) is 0.615. The van der Waals surface area contributed by atoms with Crippen LogP contribution in [0.15, 0.2) is 24.3 Å². The minimum Gasteiger partial charge on any atom is -0.497 e. The molecule has 0 aliphatic carbocycles. The Morgan fingerprint density at radius 1 is 1.22 bits per heavy atom. The van der Waals surface area contributed by atoms with E-state index in [0.29, 0.717) is 13.1 Å². The number of rotatable bonds is 9. The molecule has 2 aromatic rings. The van der Waals surface area contributed by atoms with E-state index in [-0.39, 0.29) is 17.9 Å². The van der Waals surface area contributed by atoms with Crippen molar-refractivity contribution in [1.82, 2.24) is 9.88 Å². The van der Waals surface area contributed by atoms with Gasteiger partial charge in [0, 0.05) is 55.7 Å². The van der Waals surface area contributed by atoms with E-state index >= 15 is 0 Å². The van der Waals surface area contributed by atoms with E-state index in [1.54, 1.807) is 7.11 Å². The summed E-state index contributed by atoms with van der Waals surface area (Å²) in [7, 11) is 1.68. The smallest absolute Gasteiger partial charge is 0.226 e. The van der Waals surface area contributed by atoms with E-state index in [1.165, 1.54) is 12.8 Å². The molecule has 0 saturated carbocycles. The largest absolute Gasteiger partial charge is 0.497 e. The zero-order valence-electron chi connectivity index (χ0n) is 19.8. The molecule has 3 heterocycles. The van der Waals surface area contributed by atoms with Crippen LogP contribution in [0, 0.1) is 5.92 Å². The molecule has 1 aromatic heterocycles. The van der Waals surface area contributed by atoms with Gasteiger partial charge in [-0.2, -0.15) is 0 Å². The van der Waals surface area contributed by atoms with Crippen LogP contribution in [-0.2, 0) is 16.1 Å². The predicted octanol–water partition coefficient (Wildman–Crippen LogP) is 4.79. The van der Waals surface area contributed by atoms with Gasteiger partial charge in [-0.1, -0.05) is 13.8 Å². The first-order chi connectivity index (χ1) is 15.6.